The Labute approximate surface area is 105 Å². The van der Waals surface area contributed by atoms with E-state index in [-0.39, 0.29) is 22.6 Å². The lowest BCUT2D eigenvalue weighted by atomic mass is 10.1. The Kier molecular flexibility index (Phi) is 3.58. The van der Waals surface area contributed by atoms with Crippen LogP contribution in [0.2, 0.25) is 5.02 Å². The number of halogens is 2. The summed E-state index contributed by atoms with van der Waals surface area (Å²) in [7, 11) is -2.95. The van der Waals surface area contributed by atoms with Gasteiger partial charge in [-0.05, 0) is 31.0 Å². The Bertz CT molecular complexity index is 518. The summed E-state index contributed by atoms with van der Waals surface area (Å²) in [4.78, 5) is 0. The van der Waals surface area contributed by atoms with Crippen molar-refractivity contribution in [3.05, 3.63) is 29.0 Å². The maximum Gasteiger partial charge on any atom is 0.152 e. The smallest absolute Gasteiger partial charge is 0.152 e. The molecule has 1 saturated heterocycles. The first-order valence-corrected chi connectivity index (χ1v) is 7.58. The van der Waals surface area contributed by atoms with Crippen LogP contribution in [0.3, 0.4) is 0 Å². The SMILES string of the molecule is O=S1(=O)CCCC(Nc2ccc(Cl)c(F)c2)C1. The maximum atomic E-state index is 13.2. The van der Waals surface area contributed by atoms with Crippen LogP contribution in [0.25, 0.3) is 0 Å². The zero-order valence-corrected chi connectivity index (χ0v) is 10.7. The van der Waals surface area contributed by atoms with Gasteiger partial charge < -0.3 is 5.32 Å². The highest BCUT2D eigenvalue weighted by Gasteiger charge is 2.24. The Morgan fingerprint density at radius 2 is 2.18 bits per heavy atom. The summed E-state index contributed by atoms with van der Waals surface area (Å²) < 4.78 is 36.1. The van der Waals surface area contributed by atoms with Gasteiger partial charge in [0.15, 0.2) is 9.84 Å². The normalized spacial score (nSPS) is 23.3. The molecule has 0 aliphatic carbocycles. The van der Waals surface area contributed by atoms with Crippen molar-refractivity contribution >= 4 is 27.1 Å². The molecule has 1 aliphatic heterocycles. The minimum absolute atomic E-state index is 0.0619. The number of sulfone groups is 1. The monoisotopic (exact) mass is 277 g/mol. The lowest BCUT2D eigenvalue weighted by Gasteiger charge is -2.24. The summed E-state index contributed by atoms with van der Waals surface area (Å²) in [5, 5.41) is 3.09. The highest BCUT2D eigenvalue weighted by atomic mass is 35.5. The Morgan fingerprint density at radius 3 is 2.82 bits per heavy atom. The van der Waals surface area contributed by atoms with Crippen molar-refractivity contribution in [1.82, 2.24) is 0 Å². The van der Waals surface area contributed by atoms with Gasteiger partial charge in [0.05, 0.1) is 16.5 Å². The van der Waals surface area contributed by atoms with Crippen LogP contribution in [0.5, 0.6) is 0 Å². The van der Waals surface area contributed by atoms with Crippen molar-refractivity contribution < 1.29 is 12.8 Å². The molecule has 0 amide bonds. The first-order valence-electron chi connectivity index (χ1n) is 5.38. The zero-order chi connectivity index (χ0) is 12.5. The molecule has 1 fully saturated rings. The Balaban J connectivity index is 2.08. The Hall–Kier alpha value is -0.810. The quantitative estimate of drug-likeness (QED) is 0.903. The van der Waals surface area contributed by atoms with Crippen LogP contribution in [0.1, 0.15) is 12.8 Å². The van der Waals surface area contributed by atoms with Gasteiger partial charge in [0, 0.05) is 11.7 Å². The van der Waals surface area contributed by atoms with E-state index < -0.39 is 15.7 Å². The third-order valence-corrected chi connectivity index (χ3v) is 4.88. The number of anilines is 1. The molecule has 0 aromatic heterocycles. The minimum Gasteiger partial charge on any atom is -0.381 e. The van der Waals surface area contributed by atoms with Crippen LogP contribution in [0, 0.1) is 5.82 Å². The number of hydrogen-bond acceptors (Lipinski definition) is 3. The van der Waals surface area contributed by atoms with Crippen molar-refractivity contribution in [3.8, 4) is 0 Å². The molecular weight excluding hydrogens is 265 g/mol. The second-order valence-electron chi connectivity index (χ2n) is 4.23. The van der Waals surface area contributed by atoms with E-state index in [9.17, 15) is 12.8 Å². The molecule has 0 radical (unpaired) electrons. The van der Waals surface area contributed by atoms with Crippen molar-refractivity contribution in [2.24, 2.45) is 0 Å². The fourth-order valence-corrected chi connectivity index (χ4v) is 3.71. The van der Waals surface area contributed by atoms with Crippen molar-refractivity contribution in [2.45, 2.75) is 18.9 Å². The van der Waals surface area contributed by atoms with E-state index in [0.29, 0.717) is 12.1 Å². The summed E-state index contributed by atoms with van der Waals surface area (Å²) in [6.07, 6.45) is 1.43. The highest BCUT2D eigenvalue weighted by Crippen LogP contribution is 2.21. The molecule has 1 aromatic rings. The summed E-state index contributed by atoms with van der Waals surface area (Å²) in [5.74, 6) is -0.146. The predicted molar refractivity (Wildman–Crippen MR) is 66.7 cm³/mol. The van der Waals surface area contributed by atoms with Crippen molar-refractivity contribution in [1.29, 1.82) is 0 Å². The summed E-state index contributed by atoms with van der Waals surface area (Å²) >= 11 is 5.57. The number of rotatable bonds is 2. The van der Waals surface area contributed by atoms with Crippen LogP contribution in [-0.4, -0.2) is 26.0 Å². The largest absolute Gasteiger partial charge is 0.381 e. The van der Waals surface area contributed by atoms with E-state index in [2.05, 4.69) is 5.32 Å². The van der Waals surface area contributed by atoms with Crippen molar-refractivity contribution in [3.63, 3.8) is 0 Å². The second-order valence-corrected chi connectivity index (χ2v) is 6.86. The second kappa shape index (κ2) is 4.82. The topological polar surface area (TPSA) is 46.2 Å². The standard InChI is InChI=1S/C11H13ClFNO2S/c12-10-4-3-8(6-11(10)13)14-9-2-1-5-17(15,16)7-9/h3-4,6,9,14H,1-2,5,7H2. The molecule has 94 valence electrons. The molecule has 1 N–H and O–H groups in total. The lowest BCUT2D eigenvalue weighted by Crippen LogP contribution is -2.34. The van der Waals surface area contributed by atoms with E-state index in [0.717, 1.165) is 6.42 Å². The van der Waals surface area contributed by atoms with E-state index in [4.69, 9.17) is 11.6 Å². The Morgan fingerprint density at radius 1 is 1.41 bits per heavy atom. The molecule has 0 saturated carbocycles. The van der Waals surface area contributed by atoms with Crippen LogP contribution >= 0.6 is 11.6 Å². The van der Waals surface area contributed by atoms with E-state index in [1.807, 2.05) is 0 Å². The summed E-state index contributed by atoms with van der Waals surface area (Å²) in [6, 6.07) is 4.24. The van der Waals surface area contributed by atoms with Gasteiger partial charge in [-0.2, -0.15) is 0 Å². The van der Waals surface area contributed by atoms with E-state index >= 15 is 0 Å². The van der Waals surface area contributed by atoms with Gasteiger partial charge in [0.2, 0.25) is 0 Å². The molecule has 3 nitrogen and oxygen atoms in total. The number of nitrogens with one attached hydrogen (secondary N) is 1. The van der Waals surface area contributed by atoms with Gasteiger partial charge in [-0.15, -0.1) is 0 Å². The van der Waals surface area contributed by atoms with Crippen LogP contribution < -0.4 is 5.32 Å². The van der Waals surface area contributed by atoms with E-state index in [1.54, 1.807) is 6.07 Å². The van der Waals surface area contributed by atoms with Gasteiger partial charge >= 0.3 is 0 Å². The van der Waals surface area contributed by atoms with Gasteiger partial charge in [-0.1, -0.05) is 11.6 Å². The molecular formula is C11H13ClFNO2S. The third-order valence-electron chi connectivity index (χ3n) is 2.75. The molecule has 1 aromatic carbocycles. The third kappa shape index (κ3) is 3.33. The lowest BCUT2D eigenvalue weighted by molar-refractivity contribution is 0.562. The van der Waals surface area contributed by atoms with Gasteiger partial charge in [-0.25, -0.2) is 12.8 Å². The van der Waals surface area contributed by atoms with Crippen LogP contribution in [-0.2, 0) is 9.84 Å². The fraction of sp³-hybridized carbons (Fsp3) is 0.455. The van der Waals surface area contributed by atoms with Gasteiger partial charge in [0.25, 0.3) is 0 Å². The molecule has 17 heavy (non-hydrogen) atoms. The van der Waals surface area contributed by atoms with Crippen molar-refractivity contribution in [2.75, 3.05) is 16.8 Å². The molecule has 6 heteroatoms. The van der Waals surface area contributed by atoms with Crippen LogP contribution in [0.4, 0.5) is 10.1 Å². The van der Waals surface area contributed by atoms with Gasteiger partial charge in [-0.3, -0.25) is 0 Å². The molecule has 1 heterocycles. The zero-order valence-electron chi connectivity index (χ0n) is 9.12. The molecule has 0 spiro atoms. The first-order chi connectivity index (χ1) is 7.96. The highest BCUT2D eigenvalue weighted by molar-refractivity contribution is 7.91. The maximum absolute atomic E-state index is 13.2. The molecule has 0 bridgehead atoms. The molecule has 1 aliphatic rings. The predicted octanol–water partition coefficient (Wildman–Crippen LogP) is 2.47. The van der Waals surface area contributed by atoms with E-state index in [1.165, 1.54) is 12.1 Å². The number of hydrogen-bond donors (Lipinski definition) is 1. The average Bonchev–Trinajstić information content (AvgIpc) is 2.22. The molecule has 1 unspecified atom stereocenters. The number of benzene rings is 1. The van der Waals surface area contributed by atoms with Gasteiger partial charge in [0.1, 0.15) is 5.82 Å². The van der Waals surface area contributed by atoms with Crippen LogP contribution in [0.15, 0.2) is 18.2 Å². The summed E-state index contributed by atoms with van der Waals surface area (Å²) in [5.41, 5.74) is 0.564. The summed E-state index contributed by atoms with van der Waals surface area (Å²) in [6.45, 7) is 0. The minimum atomic E-state index is -2.95. The first kappa shape index (κ1) is 12.6. The fourth-order valence-electron chi connectivity index (χ4n) is 1.96. The average molecular weight is 278 g/mol. The molecule has 1 atom stereocenters. The molecule has 2 rings (SSSR count).